The Hall–Kier alpha value is -1.81. The maximum atomic E-state index is 13.3. The molecule has 0 N–H and O–H groups in total. The number of aryl methyl sites for hydroxylation is 3. The van der Waals surface area contributed by atoms with E-state index >= 15 is 0 Å². The first-order chi connectivity index (χ1) is 11.1. The van der Waals surface area contributed by atoms with Gasteiger partial charge in [0.2, 0.25) is 0 Å². The van der Waals surface area contributed by atoms with Gasteiger partial charge in [-0.1, -0.05) is 24.3 Å². The van der Waals surface area contributed by atoms with Crippen molar-refractivity contribution in [2.45, 2.75) is 50.0 Å². The lowest BCUT2D eigenvalue weighted by Crippen LogP contribution is -2.42. The second-order valence-corrected chi connectivity index (χ2v) is 8.42. The normalized spacial score (nSPS) is 20.2. The van der Waals surface area contributed by atoms with Crippen molar-refractivity contribution in [2.75, 3.05) is 4.31 Å². The number of hydrogen-bond donors (Lipinski definition) is 0. The van der Waals surface area contributed by atoms with Gasteiger partial charge in [-0.3, -0.25) is 4.31 Å². The summed E-state index contributed by atoms with van der Waals surface area (Å²) in [7, 11) is -3.51. The standard InChI is InChI=1S/C19H21NO2S/c1-14-9-10-16-5-2-3-8-19(16)20(14)23(21,22)18-12-11-15-6-4-7-17(15)13-18/h2-3,5,8,11-14H,4,6-7,9-10H2,1H3. The molecule has 1 atom stereocenters. The predicted molar refractivity (Wildman–Crippen MR) is 92.4 cm³/mol. The minimum atomic E-state index is -3.51. The number of benzene rings is 2. The lowest BCUT2D eigenvalue weighted by atomic mass is 9.99. The van der Waals surface area contributed by atoms with Crippen LogP contribution in [0.25, 0.3) is 0 Å². The molecule has 0 radical (unpaired) electrons. The average Bonchev–Trinajstić information content (AvgIpc) is 3.02. The topological polar surface area (TPSA) is 37.4 Å². The molecule has 1 heterocycles. The third kappa shape index (κ3) is 2.36. The van der Waals surface area contributed by atoms with E-state index in [1.54, 1.807) is 10.4 Å². The van der Waals surface area contributed by atoms with Crippen LogP contribution in [-0.4, -0.2) is 14.5 Å². The van der Waals surface area contributed by atoms with Crippen LogP contribution in [0.2, 0.25) is 0 Å². The number of fused-ring (bicyclic) bond motifs is 2. The van der Waals surface area contributed by atoms with Crippen LogP contribution in [0, 0.1) is 0 Å². The second kappa shape index (κ2) is 5.38. The largest absolute Gasteiger partial charge is 0.264 e. The molecule has 1 aliphatic heterocycles. The Balaban J connectivity index is 1.82. The highest BCUT2D eigenvalue weighted by molar-refractivity contribution is 7.92. The van der Waals surface area contributed by atoms with Crippen LogP contribution in [0.4, 0.5) is 5.69 Å². The molecule has 0 amide bonds. The van der Waals surface area contributed by atoms with Gasteiger partial charge >= 0.3 is 0 Å². The Morgan fingerprint density at radius 1 is 0.957 bits per heavy atom. The van der Waals surface area contributed by atoms with E-state index in [9.17, 15) is 8.42 Å². The third-order valence-corrected chi connectivity index (χ3v) is 7.01. The van der Waals surface area contributed by atoms with Gasteiger partial charge in [0.15, 0.2) is 0 Å². The fraction of sp³-hybridized carbons (Fsp3) is 0.368. The smallest absolute Gasteiger partial charge is 0.263 e. The van der Waals surface area contributed by atoms with E-state index in [0.717, 1.165) is 43.4 Å². The van der Waals surface area contributed by atoms with Crippen LogP contribution < -0.4 is 4.31 Å². The number of rotatable bonds is 2. The van der Waals surface area contributed by atoms with Crippen molar-refractivity contribution in [3.8, 4) is 0 Å². The molecular formula is C19H21NO2S. The molecule has 1 aliphatic carbocycles. The van der Waals surface area contributed by atoms with Crippen molar-refractivity contribution in [1.29, 1.82) is 0 Å². The number of nitrogens with zero attached hydrogens (tertiary/aromatic N) is 1. The number of para-hydroxylation sites is 1. The van der Waals surface area contributed by atoms with E-state index in [4.69, 9.17) is 0 Å². The molecule has 23 heavy (non-hydrogen) atoms. The van der Waals surface area contributed by atoms with Gasteiger partial charge < -0.3 is 0 Å². The Labute approximate surface area is 138 Å². The highest BCUT2D eigenvalue weighted by Gasteiger charge is 2.34. The van der Waals surface area contributed by atoms with E-state index in [-0.39, 0.29) is 6.04 Å². The molecule has 2 aliphatic rings. The first-order valence-corrected chi connectivity index (χ1v) is 9.75. The molecule has 2 aromatic carbocycles. The summed E-state index contributed by atoms with van der Waals surface area (Å²) in [5.41, 5.74) is 4.46. The van der Waals surface area contributed by atoms with Gasteiger partial charge in [0, 0.05) is 6.04 Å². The van der Waals surface area contributed by atoms with E-state index < -0.39 is 10.0 Å². The summed E-state index contributed by atoms with van der Waals surface area (Å²) in [6, 6.07) is 13.5. The number of hydrogen-bond acceptors (Lipinski definition) is 2. The van der Waals surface area contributed by atoms with Gasteiger partial charge in [0.05, 0.1) is 10.6 Å². The van der Waals surface area contributed by atoms with Crippen LogP contribution >= 0.6 is 0 Å². The molecule has 120 valence electrons. The van der Waals surface area contributed by atoms with E-state index in [2.05, 4.69) is 0 Å². The number of sulfonamides is 1. The highest BCUT2D eigenvalue weighted by Crippen LogP contribution is 2.36. The molecule has 0 saturated heterocycles. The summed E-state index contributed by atoms with van der Waals surface area (Å²) in [5.74, 6) is 0. The molecule has 4 heteroatoms. The Morgan fingerprint density at radius 2 is 1.74 bits per heavy atom. The molecule has 0 aromatic heterocycles. The van der Waals surface area contributed by atoms with E-state index in [1.165, 1.54) is 11.1 Å². The molecule has 0 fully saturated rings. The van der Waals surface area contributed by atoms with Crippen molar-refractivity contribution < 1.29 is 8.42 Å². The third-order valence-electron chi connectivity index (χ3n) is 5.09. The summed E-state index contributed by atoms with van der Waals surface area (Å²) in [6.45, 7) is 2.00. The molecule has 1 unspecified atom stereocenters. The fourth-order valence-electron chi connectivity index (χ4n) is 3.84. The van der Waals surface area contributed by atoms with Gasteiger partial charge in [-0.05, 0) is 73.9 Å². The van der Waals surface area contributed by atoms with Crippen molar-refractivity contribution in [3.63, 3.8) is 0 Å². The molecule has 0 saturated carbocycles. The molecule has 0 spiro atoms. The summed E-state index contributed by atoms with van der Waals surface area (Å²) < 4.78 is 28.2. The fourth-order valence-corrected chi connectivity index (χ4v) is 5.62. The van der Waals surface area contributed by atoms with Gasteiger partial charge in [-0.15, -0.1) is 0 Å². The van der Waals surface area contributed by atoms with Crippen molar-refractivity contribution in [3.05, 3.63) is 59.2 Å². The minimum Gasteiger partial charge on any atom is -0.263 e. The molecular weight excluding hydrogens is 306 g/mol. The van der Waals surface area contributed by atoms with Gasteiger partial charge in [-0.25, -0.2) is 8.42 Å². The second-order valence-electron chi connectivity index (χ2n) is 6.60. The van der Waals surface area contributed by atoms with Gasteiger partial charge in [-0.2, -0.15) is 0 Å². The summed E-state index contributed by atoms with van der Waals surface area (Å²) >= 11 is 0. The first kappa shape index (κ1) is 14.8. The summed E-state index contributed by atoms with van der Waals surface area (Å²) in [5, 5.41) is 0. The van der Waals surface area contributed by atoms with Crippen LogP contribution in [0.15, 0.2) is 47.4 Å². The maximum absolute atomic E-state index is 13.3. The zero-order valence-electron chi connectivity index (χ0n) is 13.3. The quantitative estimate of drug-likeness (QED) is 0.843. The molecule has 3 nitrogen and oxygen atoms in total. The van der Waals surface area contributed by atoms with E-state index in [0.29, 0.717) is 4.90 Å². The minimum absolute atomic E-state index is 0.0110. The van der Waals surface area contributed by atoms with Gasteiger partial charge in [0.1, 0.15) is 0 Å². The van der Waals surface area contributed by atoms with Gasteiger partial charge in [0.25, 0.3) is 10.0 Å². The SMILES string of the molecule is CC1CCc2ccccc2N1S(=O)(=O)c1ccc2c(c1)CCC2. The van der Waals surface area contributed by atoms with Crippen LogP contribution in [0.5, 0.6) is 0 Å². The molecule has 2 aromatic rings. The average molecular weight is 327 g/mol. The lowest BCUT2D eigenvalue weighted by molar-refractivity contribution is 0.563. The van der Waals surface area contributed by atoms with Crippen LogP contribution in [0.1, 0.15) is 36.5 Å². The maximum Gasteiger partial charge on any atom is 0.264 e. The number of anilines is 1. The Morgan fingerprint density at radius 3 is 2.61 bits per heavy atom. The molecule has 4 rings (SSSR count). The van der Waals surface area contributed by atoms with Crippen molar-refractivity contribution in [1.82, 2.24) is 0 Å². The molecule has 0 bridgehead atoms. The van der Waals surface area contributed by atoms with Crippen LogP contribution in [-0.2, 0) is 29.3 Å². The van der Waals surface area contributed by atoms with Crippen LogP contribution in [0.3, 0.4) is 0 Å². The van der Waals surface area contributed by atoms with E-state index in [1.807, 2.05) is 43.3 Å². The summed E-state index contributed by atoms with van der Waals surface area (Å²) in [4.78, 5) is 0.432. The summed E-state index contributed by atoms with van der Waals surface area (Å²) in [6.07, 6.45) is 4.99. The lowest BCUT2D eigenvalue weighted by Gasteiger charge is -2.36. The monoisotopic (exact) mass is 327 g/mol. The first-order valence-electron chi connectivity index (χ1n) is 8.31. The zero-order valence-corrected chi connectivity index (χ0v) is 14.1. The zero-order chi connectivity index (χ0) is 16.0. The Bertz CT molecular complexity index is 857. The highest BCUT2D eigenvalue weighted by atomic mass is 32.2. The Kier molecular flexibility index (Phi) is 3.45. The van der Waals surface area contributed by atoms with Crippen molar-refractivity contribution >= 4 is 15.7 Å². The van der Waals surface area contributed by atoms with Crippen molar-refractivity contribution in [2.24, 2.45) is 0 Å². The predicted octanol–water partition coefficient (Wildman–Crippen LogP) is 3.71.